The Hall–Kier alpha value is -2.29. The van der Waals surface area contributed by atoms with E-state index in [4.69, 9.17) is 23.2 Å². The monoisotopic (exact) mass is 583 g/mol. The summed E-state index contributed by atoms with van der Waals surface area (Å²) >= 11 is 12.3. The second-order valence-electron chi connectivity index (χ2n) is 9.55. The zero-order valence-electron chi connectivity index (χ0n) is 22.9. The Morgan fingerprint density at radius 1 is 0.974 bits per heavy atom. The predicted molar refractivity (Wildman–Crippen MR) is 156 cm³/mol. The van der Waals surface area contributed by atoms with Crippen molar-refractivity contribution in [3.8, 4) is 0 Å². The van der Waals surface area contributed by atoms with E-state index in [0.717, 1.165) is 35.8 Å². The number of sulfonamides is 1. The molecule has 2 aromatic carbocycles. The highest BCUT2D eigenvalue weighted by Crippen LogP contribution is 2.25. The second-order valence-corrected chi connectivity index (χ2v) is 12.3. The Balaban J connectivity index is 2.24. The van der Waals surface area contributed by atoms with Crippen LogP contribution in [0.3, 0.4) is 0 Å². The van der Waals surface area contributed by atoms with E-state index in [1.54, 1.807) is 29.2 Å². The molecule has 0 saturated heterocycles. The van der Waals surface area contributed by atoms with Crippen molar-refractivity contribution >= 4 is 50.7 Å². The van der Waals surface area contributed by atoms with Crippen molar-refractivity contribution in [2.75, 3.05) is 23.7 Å². The summed E-state index contributed by atoms with van der Waals surface area (Å²) in [6.45, 7) is 8.68. The van der Waals surface area contributed by atoms with Crippen LogP contribution < -0.4 is 9.62 Å². The lowest BCUT2D eigenvalue weighted by Gasteiger charge is -2.31. The molecule has 10 heteroatoms. The fourth-order valence-corrected chi connectivity index (χ4v) is 5.42. The lowest BCUT2D eigenvalue weighted by Crippen LogP contribution is -2.49. The van der Waals surface area contributed by atoms with Gasteiger partial charge in [-0.05, 0) is 74.1 Å². The number of halogens is 2. The Bertz CT molecular complexity index is 1220. The molecule has 0 aliphatic carbocycles. The van der Waals surface area contributed by atoms with Crippen molar-refractivity contribution in [1.82, 2.24) is 10.2 Å². The largest absolute Gasteiger partial charge is 0.354 e. The number of amides is 2. The fraction of sp³-hybridized carbons (Fsp3) is 0.500. The first-order valence-corrected chi connectivity index (χ1v) is 15.6. The molecule has 7 nitrogen and oxygen atoms in total. The van der Waals surface area contributed by atoms with Gasteiger partial charge < -0.3 is 10.2 Å². The number of benzene rings is 2. The summed E-state index contributed by atoms with van der Waals surface area (Å²) in [5, 5.41) is 3.71. The van der Waals surface area contributed by atoms with Gasteiger partial charge in [0, 0.05) is 26.1 Å². The molecule has 0 aliphatic rings. The first-order valence-electron chi connectivity index (χ1n) is 12.9. The van der Waals surface area contributed by atoms with Crippen LogP contribution >= 0.6 is 23.2 Å². The van der Waals surface area contributed by atoms with Crippen molar-refractivity contribution in [3.63, 3.8) is 0 Å². The zero-order valence-corrected chi connectivity index (χ0v) is 25.2. The van der Waals surface area contributed by atoms with E-state index in [1.807, 2.05) is 39.8 Å². The van der Waals surface area contributed by atoms with Crippen LogP contribution in [-0.2, 0) is 26.2 Å². The third-order valence-corrected chi connectivity index (χ3v) is 8.42. The number of rotatable bonds is 14. The number of nitrogens with zero attached hydrogens (tertiary/aromatic N) is 2. The van der Waals surface area contributed by atoms with E-state index in [1.165, 1.54) is 4.31 Å². The van der Waals surface area contributed by atoms with Crippen molar-refractivity contribution in [2.45, 2.75) is 72.4 Å². The molecule has 0 heterocycles. The molecule has 2 aromatic rings. The van der Waals surface area contributed by atoms with Crippen LogP contribution in [0.25, 0.3) is 0 Å². The van der Waals surface area contributed by atoms with E-state index in [-0.39, 0.29) is 31.3 Å². The lowest BCUT2D eigenvalue weighted by atomic mass is 10.1. The number of unbranched alkanes of at least 4 members (excludes halogenated alkanes) is 1. The van der Waals surface area contributed by atoms with E-state index < -0.39 is 16.1 Å². The summed E-state index contributed by atoms with van der Waals surface area (Å²) < 4.78 is 26.4. The van der Waals surface area contributed by atoms with Crippen molar-refractivity contribution in [1.29, 1.82) is 0 Å². The SMILES string of the molecule is CCCCNC(=O)[C@H](CC)N(Cc1ccc(Cl)c(Cl)c1)C(=O)CCCN(c1ccc(C)c(C)c1)S(C)(=O)=O. The minimum Gasteiger partial charge on any atom is -0.354 e. The molecular formula is C28H39Cl2N3O4S. The zero-order chi connectivity index (χ0) is 28.5. The van der Waals surface area contributed by atoms with Crippen molar-refractivity contribution in [2.24, 2.45) is 0 Å². The first-order chi connectivity index (χ1) is 17.9. The second kappa shape index (κ2) is 14.8. The molecular weight excluding hydrogens is 545 g/mol. The standard InChI is InChI=1S/C28H39Cl2N3O4S/c1-6-8-15-31-28(35)26(7-2)32(19-22-12-14-24(29)25(30)18-22)27(34)10-9-16-33(38(5,36)37)23-13-11-20(3)21(4)17-23/h11-14,17-18,26H,6-10,15-16,19H2,1-5H3,(H,31,35)/t26-/m0/s1. The average Bonchev–Trinajstić information content (AvgIpc) is 2.85. The van der Waals surface area contributed by atoms with Crippen LogP contribution in [0.1, 0.15) is 62.6 Å². The van der Waals surface area contributed by atoms with Gasteiger partial charge in [-0.25, -0.2) is 8.42 Å². The molecule has 0 bridgehead atoms. The summed E-state index contributed by atoms with van der Waals surface area (Å²) in [5.41, 5.74) is 3.37. The highest BCUT2D eigenvalue weighted by Gasteiger charge is 2.29. The summed E-state index contributed by atoms with van der Waals surface area (Å²) in [5.74, 6) is -0.440. The normalized spacial score (nSPS) is 12.2. The molecule has 0 aliphatic heterocycles. The Labute approximate surface area is 237 Å². The van der Waals surface area contributed by atoms with Crippen molar-refractivity contribution in [3.05, 3.63) is 63.1 Å². The van der Waals surface area contributed by atoms with E-state index >= 15 is 0 Å². The number of anilines is 1. The molecule has 0 aromatic heterocycles. The van der Waals surface area contributed by atoms with Crippen LogP contribution in [0.15, 0.2) is 36.4 Å². The summed E-state index contributed by atoms with van der Waals surface area (Å²) in [6, 6.07) is 9.96. The van der Waals surface area contributed by atoms with E-state index in [9.17, 15) is 18.0 Å². The molecule has 2 rings (SSSR count). The molecule has 1 N–H and O–H groups in total. The number of aryl methyl sites for hydroxylation is 2. The minimum atomic E-state index is -3.55. The summed E-state index contributed by atoms with van der Waals surface area (Å²) in [6.07, 6.45) is 3.77. The third kappa shape index (κ3) is 9.17. The average molecular weight is 585 g/mol. The van der Waals surface area contributed by atoms with Crippen LogP contribution in [-0.4, -0.2) is 50.5 Å². The van der Waals surface area contributed by atoms with Crippen LogP contribution in [0.2, 0.25) is 10.0 Å². The quantitative estimate of drug-likeness (QED) is 0.281. The van der Waals surface area contributed by atoms with Crippen LogP contribution in [0, 0.1) is 13.8 Å². The van der Waals surface area contributed by atoms with Gasteiger partial charge >= 0.3 is 0 Å². The molecule has 1 atom stereocenters. The van der Waals surface area contributed by atoms with Gasteiger partial charge in [-0.2, -0.15) is 0 Å². The van der Waals surface area contributed by atoms with Gasteiger partial charge in [-0.15, -0.1) is 0 Å². The highest BCUT2D eigenvalue weighted by molar-refractivity contribution is 7.92. The van der Waals surface area contributed by atoms with Crippen molar-refractivity contribution < 1.29 is 18.0 Å². The Kier molecular flexibility index (Phi) is 12.4. The first kappa shape index (κ1) is 31.9. The van der Waals surface area contributed by atoms with Gasteiger partial charge in [0.2, 0.25) is 21.8 Å². The van der Waals surface area contributed by atoms with Gasteiger partial charge in [0.15, 0.2) is 0 Å². The minimum absolute atomic E-state index is 0.0803. The summed E-state index contributed by atoms with van der Waals surface area (Å²) in [4.78, 5) is 28.1. The Morgan fingerprint density at radius 3 is 2.26 bits per heavy atom. The smallest absolute Gasteiger partial charge is 0.242 e. The maximum Gasteiger partial charge on any atom is 0.242 e. The molecule has 38 heavy (non-hydrogen) atoms. The predicted octanol–water partition coefficient (Wildman–Crippen LogP) is 5.88. The van der Waals surface area contributed by atoms with E-state index in [0.29, 0.717) is 35.1 Å². The van der Waals surface area contributed by atoms with Gasteiger partial charge in [0.05, 0.1) is 22.0 Å². The Morgan fingerprint density at radius 2 is 1.68 bits per heavy atom. The number of carbonyl (C=O) groups excluding carboxylic acids is 2. The van der Waals surface area contributed by atoms with Gasteiger partial charge in [-0.1, -0.05) is 55.6 Å². The van der Waals surface area contributed by atoms with Gasteiger partial charge in [0.25, 0.3) is 0 Å². The number of nitrogens with one attached hydrogen (secondary N) is 1. The third-order valence-electron chi connectivity index (χ3n) is 6.48. The number of carbonyl (C=O) groups is 2. The van der Waals surface area contributed by atoms with E-state index in [2.05, 4.69) is 5.32 Å². The topological polar surface area (TPSA) is 86.8 Å². The number of hydrogen-bond donors (Lipinski definition) is 1. The molecule has 210 valence electrons. The highest BCUT2D eigenvalue weighted by atomic mass is 35.5. The molecule has 0 fully saturated rings. The van der Waals surface area contributed by atoms with Crippen LogP contribution in [0.5, 0.6) is 0 Å². The van der Waals surface area contributed by atoms with Gasteiger partial charge in [0.1, 0.15) is 6.04 Å². The molecule has 0 saturated carbocycles. The molecule has 2 amide bonds. The fourth-order valence-electron chi connectivity index (χ4n) is 4.14. The molecule has 0 spiro atoms. The summed E-state index contributed by atoms with van der Waals surface area (Å²) in [7, 11) is -3.55. The maximum absolute atomic E-state index is 13.5. The maximum atomic E-state index is 13.5. The van der Waals surface area contributed by atoms with Crippen LogP contribution in [0.4, 0.5) is 5.69 Å². The molecule has 0 radical (unpaired) electrons. The molecule has 0 unspecified atom stereocenters. The van der Waals surface area contributed by atoms with Gasteiger partial charge in [-0.3, -0.25) is 13.9 Å². The lowest BCUT2D eigenvalue weighted by molar-refractivity contribution is -0.141. The number of hydrogen-bond acceptors (Lipinski definition) is 4.